The number of benzene rings is 2. The van der Waals surface area contributed by atoms with Crippen molar-refractivity contribution >= 4 is 21.7 Å². The van der Waals surface area contributed by atoms with Crippen LogP contribution in [0.2, 0.25) is 0 Å². The zero-order chi connectivity index (χ0) is 15.0. The van der Waals surface area contributed by atoms with Crippen LogP contribution in [0.3, 0.4) is 0 Å². The predicted molar refractivity (Wildman–Crippen MR) is 87.1 cm³/mol. The Labute approximate surface area is 132 Å². The largest absolute Gasteiger partial charge is 0.507 e. The van der Waals surface area contributed by atoms with Crippen LogP contribution in [0.1, 0.15) is 39.5 Å². The molecule has 0 heterocycles. The lowest BCUT2D eigenvalue weighted by molar-refractivity contribution is 0.101. The molecule has 0 unspecified atom stereocenters. The molecule has 0 aromatic heterocycles. The van der Waals surface area contributed by atoms with E-state index in [1.165, 1.54) is 18.1 Å². The van der Waals surface area contributed by atoms with Crippen LogP contribution >= 0.6 is 15.9 Å². The first kappa shape index (κ1) is 14.3. The van der Waals surface area contributed by atoms with Gasteiger partial charge in [0.05, 0.1) is 5.56 Å². The Morgan fingerprint density at radius 1 is 1.00 bits per heavy atom. The Balaban J connectivity index is 2.12. The zero-order valence-electron chi connectivity index (χ0n) is 11.9. The standard InChI is InChI=1S/C18H17BrO2/c1-11(20)17-14-7-6-13-4-2-12(10-16(13)19)3-5-15(9-8-14)18(17)21/h2,4,8-10,21H,3,5-7H2,1H3. The van der Waals surface area contributed by atoms with Crippen LogP contribution in [-0.2, 0) is 25.7 Å². The monoisotopic (exact) mass is 344 g/mol. The average molecular weight is 345 g/mol. The molecule has 4 aliphatic carbocycles. The average Bonchev–Trinajstić information content (AvgIpc) is 2.42. The number of ketones is 1. The second-order valence-electron chi connectivity index (χ2n) is 5.59. The number of Topliss-reactive ketones (excluding diaryl/α,β-unsaturated/α-hetero) is 1. The molecule has 2 aromatic rings. The fourth-order valence-corrected chi connectivity index (χ4v) is 3.60. The van der Waals surface area contributed by atoms with E-state index < -0.39 is 0 Å². The summed E-state index contributed by atoms with van der Waals surface area (Å²) >= 11 is 3.63. The minimum absolute atomic E-state index is 0.0608. The highest BCUT2D eigenvalue weighted by Gasteiger charge is 2.17. The lowest BCUT2D eigenvalue weighted by atomic mass is 9.91. The molecule has 0 spiro atoms. The summed E-state index contributed by atoms with van der Waals surface area (Å²) in [5.41, 5.74) is 4.75. The van der Waals surface area contributed by atoms with Gasteiger partial charge in [0.15, 0.2) is 5.78 Å². The van der Waals surface area contributed by atoms with E-state index in [1.807, 2.05) is 12.1 Å². The third-order valence-corrected chi connectivity index (χ3v) is 4.90. The highest BCUT2D eigenvalue weighted by Crippen LogP contribution is 2.31. The number of halogens is 1. The Morgan fingerprint density at radius 3 is 2.33 bits per heavy atom. The van der Waals surface area contributed by atoms with Crippen LogP contribution in [0.15, 0.2) is 34.8 Å². The van der Waals surface area contributed by atoms with Crippen molar-refractivity contribution in [1.29, 1.82) is 0 Å². The minimum Gasteiger partial charge on any atom is -0.507 e. The van der Waals surface area contributed by atoms with Crippen LogP contribution in [0.5, 0.6) is 5.75 Å². The molecule has 6 rings (SSSR count). The third-order valence-electron chi connectivity index (χ3n) is 4.16. The molecule has 4 bridgehead atoms. The van der Waals surface area contributed by atoms with E-state index in [9.17, 15) is 9.90 Å². The maximum atomic E-state index is 11.9. The van der Waals surface area contributed by atoms with Gasteiger partial charge in [0.25, 0.3) is 0 Å². The molecule has 0 aliphatic heterocycles. The first-order valence-electron chi connectivity index (χ1n) is 7.18. The SMILES string of the molecule is CC(=O)c1c2ccc(c1O)CCc1ccc(c(Br)c1)CC2. The molecule has 2 nitrogen and oxygen atoms in total. The van der Waals surface area contributed by atoms with Gasteiger partial charge in [-0.2, -0.15) is 0 Å². The number of aryl methyl sites for hydroxylation is 4. The van der Waals surface area contributed by atoms with Crippen LogP contribution in [0, 0.1) is 0 Å². The number of hydrogen-bond acceptors (Lipinski definition) is 2. The Kier molecular flexibility index (Phi) is 3.85. The molecule has 0 amide bonds. The predicted octanol–water partition coefficient (Wildman–Crippen LogP) is 4.24. The van der Waals surface area contributed by atoms with Crippen LogP contribution in [0.25, 0.3) is 0 Å². The Bertz CT molecular complexity index is 719. The van der Waals surface area contributed by atoms with Crippen molar-refractivity contribution in [1.82, 2.24) is 0 Å². The summed E-state index contributed by atoms with van der Waals surface area (Å²) in [5.74, 6) is 0.114. The van der Waals surface area contributed by atoms with Gasteiger partial charge in [-0.1, -0.05) is 40.2 Å². The lowest BCUT2D eigenvalue weighted by Crippen LogP contribution is -2.06. The molecule has 0 fully saturated rings. The molecule has 2 aromatic carbocycles. The van der Waals surface area contributed by atoms with Crippen molar-refractivity contribution in [3.8, 4) is 5.75 Å². The molecule has 3 heteroatoms. The molecule has 1 N–H and O–H groups in total. The van der Waals surface area contributed by atoms with Crippen LogP contribution < -0.4 is 0 Å². The van der Waals surface area contributed by atoms with E-state index in [0.29, 0.717) is 5.56 Å². The van der Waals surface area contributed by atoms with Crippen molar-refractivity contribution in [3.63, 3.8) is 0 Å². The fraction of sp³-hybridized carbons (Fsp3) is 0.278. The first-order valence-corrected chi connectivity index (χ1v) is 7.97. The fourth-order valence-electron chi connectivity index (χ4n) is 2.98. The zero-order valence-corrected chi connectivity index (χ0v) is 13.5. The summed E-state index contributed by atoms with van der Waals surface area (Å²) in [6.07, 6.45) is 3.18. The molecular formula is C18H17BrO2. The molecule has 0 saturated heterocycles. The van der Waals surface area contributed by atoms with Gasteiger partial charge in [0, 0.05) is 4.47 Å². The van der Waals surface area contributed by atoms with Crippen molar-refractivity contribution in [2.24, 2.45) is 0 Å². The summed E-state index contributed by atoms with van der Waals surface area (Å²) in [6, 6.07) is 10.4. The van der Waals surface area contributed by atoms with Crippen LogP contribution in [0.4, 0.5) is 0 Å². The van der Waals surface area contributed by atoms with Crippen molar-refractivity contribution < 1.29 is 9.90 Å². The van der Waals surface area contributed by atoms with Crippen molar-refractivity contribution in [2.75, 3.05) is 0 Å². The molecule has 21 heavy (non-hydrogen) atoms. The molecule has 0 atom stereocenters. The molecular weight excluding hydrogens is 328 g/mol. The second kappa shape index (κ2) is 5.64. The van der Waals surface area contributed by atoms with Gasteiger partial charge in [-0.05, 0) is 60.9 Å². The van der Waals surface area contributed by atoms with Gasteiger partial charge >= 0.3 is 0 Å². The van der Waals surface area contributed by atoms with E-state index in [2.05, 4.69) is 34.1 Å². The minimum atomic E-state index is -0.0608. The van der Waals surface area contributed by atoms with Gasteiger partial charge in [-0.15, -0.1) is 0 Å². The topological polar surface area (TPSA) is 37.3 Å². The number of phenols is 1. The van der Waals surface area contributed by atoms with E-state index in [1.54, 1.807) is 0 Å². The maximum Gasteiger partial charge on any atom is 0.163 e. The Morgan fingerprint density at radius 2 is 1.62 bits per heavy atom. The number of carbonyl (C=O) groups is 1. The van der Waals surface area contributed by atoms with Gasteiger partial charge < -0.3 is 5.11 Å². The second-order valence-corrected chi connectivity index (χ2v) is 6.44. The molecule has 0 radical (unpaired) electrons. The normalized spacial score (nSPS) is 13.8. The molecule has 108 valence electrons. The number of phenolic OH excluding ortho intramolecular Hbond substituents is 1. The van der Waals surface area contributed by atoms with Gasteiger partial charge in [0.1, 0.15) is 5.75 Å². The number of rotatable bonds is 1. The van der Waals surface area contributed by atoms with Crippen molar-refractivity contribution in [2.45, 2.75) is 32.6 Å². The summed E-state index contributed by atoms with van der Waals surface area (Å²) in [4.78, 5) is 11.9. The smallest absolute Gasteiger partial charge is 0.163 e. The van der Waals surface area contributed by atoms with E-state index in [-0.39, 0.29) is 11.5 Å². The van der Waals surface area contributed by atoms with Gasteiger partial charge in [-0.3, -0.25) is 4.79 Å². The summed E-state index contributed by atoms with van der Waals surface area (Å²) in [5, 5.41) is 10.4. The summed E-state index contributed by atoms with van der Waals surface area (Å²) < 4.78 is 1.13. The molecule has 0 saturated carbocycles. The summed E-state index contributed by atoms with van der Waals surface area (Å²) in [6.45, 7) is 1.53. The number of aromatic hydroxyl groups is 1. The van der Waals surface area contributed by atoms with Gasteiger partial charge in [0.2, 0.25) is 0 Å². The maximum absolute atomic E-state index is 11.9. The summed E-state index contributed by atoms with van der Waals surface area (Å²) in [7, 11) is 0. The molecule has 4 aliphatic rings. The third kappa shape index (κ3) is 2.75. The lowest BCUT2D eigenvalue weighted by Gasteiger charge is -2.16. The first-order chi connectivity index (χ1) is 10.1. The van der Waals surface area contributed by atoms with E-state index in [4.69, 9.17) is 0 Å². The number of carbonyl (C=O) groups excluding carboxylic acids is 1. The highest BCUT2D eigenvalue weighted by atomic mass is 79.9. The van der Waals surface area contributed by atoms with E-state index >= 15 is 0 Å². The van der Waals surface area contributed by atoms with E-state index in [0.717, 1.165) is 41.3 Å². The van der Waals surface area contributed by atoms with Crippen LogP contribution in [-0.4, -0.2) is 10.9 Å². The number of hydrogen-bond donors (Lipinski definition) is 1. The quantitative estimate of drug-likeness (QED) is 0.785. The Hall–Kier alpha value is -1.61. The van der Waals surface area contributed by atoms with Gasteiger partial charge in [-0.25, -0.2) is 0 Å². The highest BCUT2D eigenvalue weighted by molar-refractivity contribution is 9.10. The van der Waals surface area contributed by atoms with Crippen molar-refractivity contribution in [3.05, 3.63) is 62.6 Å².